The van der Waals surface area contributed by atoms with Crippen LogP contribution < -0.4 is 10.3 Å². The van der Waals surface area contributed by atoms with Gasteiger partial charge in [0.2, 0.25) is 0 Å². The number of ether oxygens (including phenoxy) is 1. The van der Waals surface area contributed by atoms with Gasteiger partial charge < -0.3 is 21.9 Å². The van der Waals surface area contributed by atoms with Gasteiger partial charge in [-0.1, -0.05) is 24.3 Å². The molecule has 1 heterocycles. The lowest BCUT2D eigenvalue weighted by Gasteiger charge is -2.17. The maximum atomic E-state index is 12.5. The lowest BCUT2D eigenvalue weighted by Crippen LogP contribution is -2.24. The molecule has 0 unspecified atom stereocenters. The van der Waals surface area contributed by atoms with Crippen molar-refractivity contribution in [3.05, 3.63) is 64.4 Å². The Hall–Kier alpha value is -2.40. The normalized spacial score (nSPS) is 10.8. The maximum Gasteiger partial charge on any atom is 0.259 e. The molecule has 0 saturated carbocycles. The van der Waals surface area contributed by atoms with Crippen LogP contribution in [0.2, 0.25) is 0 Å². The Morgan fingerprint density at radius 1 is 1.14 bits per heavy atom. The lowest BCUT2D eigenvalue weighted by molar-refractivity contribution is 0.414. The SMILES string of the molecule is COc1ccc(CCn2c([S-])nc3ccccc3c2=O)cc1. The molecule has 0 atom stereocenters. The quantitative estimate of drug-likeness (QED) is 0.549. The van der Waals surface area contributed by atoms with Crippen molar-refractivity contribution in [3.8, 4) is 5.75 Å². The molecule has 0 saturated heterocycles. The van der Waals surface area contributed by atoms with Crippen molar-refractivity contribution in [1.29, 1.82) is 0 Å². The van der Waals surface area contributed by atoms with Crippen LogP contribution >= 0.6 is 0 Å². The highest BCUT2D eigenvalue weighted by molar-refractivity contribution is 7.58. The van der Waals surface area contributed by atoms with E-state index in [1.54, 1.807) is 23.8 Å². The summed E-state index contributed by atoms with van der Waals surface area (Å²) in [6.45, 7) is 0.516. The fourth-order valence-corrected chi connectivity index (χ4v) is 2.65. The van der Waals surface area contributed by atoms with E-state index in [9.17, 15) is 4.79 Å². The molecule has 0 amide bonds. The Bertz CT molecular complexity index is 857. The van der Waals surface area contributed by atoms with Crippen molar-refractivity contribution < 1.29 is 4.74 Å². The van der Waals surface area contributed by atoms with Crippen molar-refractivity contribution >= 4 is 23.5 Å². The topological polar surface area (TPSA) is 44.1 Å². The first-order chi connectivity index (χ1) is 10.7. The van der Waals surface area contributed by atoms with Gasteiger partial charge in [-0.2, -0.15) is 0 Å². The zero-order valence-electron chi connectivity index (χ0n) is 12.2. The standard InChI is InChI=1S/C17H16N2O2S/c1-21-13-8-6-12(7-9-13)10-11-19-16(20)14-4-2-3-5-15(14)18-17(19)22/h2-9H,10-11H2,1H3,(H,18,22)/p-1. The second-order valence-electron chi connectivity index (χ2n) is 4.97. The van der Waals surface area contributed by atoms with Crippen LogP contribution in [-0.2, 0) is 25.6 Å². The van der Waals surface area contributed by atoms with E-state index in [2.05, 4.69) is 4.98 Å². The number of fused-ring (bicyclic) bond motifs is 1. The zero-order valence-corrected chi connectivity index (χ0v) is 13.0. The van der Waals surface area contributed by atoms with Crippen molar-refractivity contribution in [2.75, 3.05) is 7.11 Å². The number of benzene rings is 2. The minimum atomic E-state index is -0.0795. The van der Waals surface area contributed by atoms with Gasteiger partial charge in [-0.3, -0.25) is 9.78 Å². The predicted molar refractivity (Wildman–Crippen MR) is 88.3 cm³/mol. The van der Waals surface area contributed by atoms with Gasteiger partial charge in [0.25, 0.3) is 5.56 Å². The highest BCUT2D eigenvalue weighted by atomic mass is 32.1. The van der Waals surface area contributed by atoms with Gasteiger partial charge in [0.1, 0.15) is 5.75 Å². The van der Waals surface area contributed by atoms with E-state index in [1.165, 1.54) is 0 Å². The molecule has 3 aromatic rings. The Balaban J connectivity index is 1.88. The molecule has 0 fully saturated rings. The number of aromatic nitrogens is 2. The van der Waals surface area contributed by atoms with E-state index < -0.39 is 0 Å². The fourth-order valence-electron chi connectivity index (χ4n) is 2.38. The average Bonchev–Trinajstić information content (AvgIpc) is 2.55. The molecule has 112 valence electrons. The van der Waals surface area contributed by atoms with Gasteiger partial charge >= 0.3 is 0 Å². The van der Waals surface area contributed by atoms with Crippen molar-refractivity contribution in [3.63, 3.8) is 0 Å². The van der Waals surface area contributed by atoms with E-state index in [4.69, 9.17) is 17.4 Å². The third-order valence-electron chi connectivity index (χ3n) is 3.61. The minimum Gasteiger partial charge on any atom is -0.742 e. The number of aryl methyl sites for hydroxylation is 1. The molecule has 0 bridgehead atoms. The van der Waals surface area contributed by atoms with Gasteiger partial charge in [-0.25, -0.2) is 0 Å². The summed E-state index contributed by atoms with van der Waals surface area (Å²) in [5, 5.41) is 0.933. The van der Waals surface area contributed by atoms with Crippen LogP contribution in [0.15, 0.2) is 58.5 Å². The van der Waals surface area contributed by atoms with Gasteiger partial charge in [0.15, 0.2) is 0 Å². The summed E-state index contributed by atoms with van der Waals surface area (Å²) in [6.07, 6.45) is 0.716. The monoisotopic (exact) mass is 311 g/mol. The molecule has 2 aromatic carbocycles. The lowest BCUT2D eigenvalue weighted by atomic mass is 10.1. The molecule has 0 radical (unpaired) electrons. The van der Waals surface area contributed by atoms with Gasteiger partial charge in [-0.05, 0) is 41.4 Å². The number of methoxy groups -OCH3 is 1. The molecule has 0 N–H and O–H groups in total. The Labute approximate surface area is 133 Å². The number of rotatable bonds is 4. The highest BCUT2D eigenvalue weighted by Crippen LogP contribution is 2.13. The first-order valence-electron chi connectivity index (χ1n) is 6.98. The first kappa shape index (κ1) is 14.5. The third kappa shape index (κ3) is 2.80. The summed E-state index contributed by atoms with van der Waals surface area (Å²) in [7, 11) is 1.64. The molecular weight excluding hydrogens is 296 g/mol. The summed E-state index contributed by atoms with van der Waals surface area (Å²) in [4.78, 5) is 16.8. The van der Waals surface area contributed by atoms with Gasteiger partial charge in [0, 0.05) is 6.54 Å². The van der Waals surface area contributed by atoms with Gasteiger partial charge in [-0.15, -0.1) is 0 Å². The Morgan fingerprint density at radius 2 is 1.86 bits per heavy atom. The summed E-state index contributed by atoms with van der Waals surface area (Å²) in [5.74, 6) is 0.817. The molecular formula is C17H15N2O2S-. The molecule has 22 heavy (non-hydrogen) atoms. The van der Waals surface area contributed by atoms with Crippen LogP contribution in [0.5, 0.6) is 5.75 Å². The van der Waals surface area contributed by atoms with Crippen LogP contribution in [-0.4, -0.2) is 16.7 Å². The fraction of sp³-hybridized carbons (Fsp3) is 0.176. The summed E-state index contributed by atoms with van der Waals surface area (Å²) >= 11 is 5.25. The van der Waals surface area contributed by atoms with Gasteiger partial charge in [0.05, 0.1) is 18.0 Å². The van der Waals surface area contributed by atoms with Crippen molar-refractivity contribution in [2.24, 2.45) is 0 Å². The Kier molecular flexibility index (Phi) is 4.06. The molecule has 3 rings (SSSR count). The number of nitrogens with zero attached hydrogens (tertiary/aromatic N) is 2. The smallest absolute Gasteiger partial charge is 0.259 e. The summed E-state index contributed by atoms with van der Waals surface area (Å²) in [6, 6.07) is 15.1. The third-order valence-corrected chi connectivity index (χ3v) is 3.92. The van der Waals surface area contributed by atoms with E-state index in [0.29, 0.717) is 29.0 Å². The summed E-state index contributed by atoms with van der Waals surface area (Å²) in [5.41, 5.74) is 1.69. The molecule has 0 aliphatic carbocycles. The Morgan fingerprint density at radius 3 is 2.59 bits per heavy atom. The molecule has 4 nitrogen and oxygen atoms in total. The van der Waals surface area contributed by atoms with E-state index in [0.717, 1.165) is 11.3 Å². The predicted octanol–water partition coefficient (Wildman–Crippen LogP) is 2.55. The highest BCUT2D eigenvalue weighted by Gasteiger charge is 2.04. The van der Waals surface area contributed by atoms with Crippen LogP contribution in [0.1, 0.15) is 5.56 Å². The van der Waals surface area contributed by atoms with Crippen LogP contribution in [0.25, 0.3) is 10.9 Å². The van der Waals surface area contributed by atoms with E-state index in [1.807, 2.05) is 36.4 Å². The second kappa shape index (κ2) is 6.15. The van der Waals surface area contributed by atoms with Crippen LogP contribution in [0, 0.1) is 0 Å². The van der Waals surface area contributed by atoms with Crippen molar-refractivity contribution in [2.45, 2.75) is 18.1 Å². The molecule has 1 aromatic heterocycles. The first-order valence-corrected chi connectivity index (χ1v) is 7.39. The van der Waals surface area contributed by atoms with E-state index in [-0.39, 0.29) is 5.56 Å². The molecule has 0 aliphatic heterocycles. The average molecular weight is 311 g/mol. The molecule has 5 heteroatoms. The number of para-hydroxylation sites is 1. The molecule has 0 aliphatic rings. The minimum absolute atomic E-state index is 0.0795. The van der Waals surface area contributed by atoms with Crippen LogP contribution in [0.3, 0.4) is 0 Å². The number of hydrogen-bond acceptors (Lipinski definition) is 4. The largest absolute Gasteiger partial charge is 0.742 e. The summed E-state index contributed by atoms with van der Waals surface area (Å²) < 4.78 is 6.69. The maximum absolute atomic E-state index is 12.5. The number of hydrogen-bond donors (Lipinski definition) is 0. The van der Waals surface area contributed by atoms with E-state index >= 15 is 0 Å². The van der Waals surface area contributed by atoms with Crippen LogP contribution in [0.4, 0.5) is 0 Å². The second-order valence-corrected chi connectivity index (χ2v) is 5.33. The molecule has 0 spiro atoms. The zero-order chi connectivity index (χ0) is 15.5. The van der Waals surface area contributed by atoms with Crippen molar-refractivity contribution in [1.82, 2.24) is 9.55 Å².